The molecule has 2 heterocycles. The van der Waals surface area contributed by atoms with Crippen LogP contribution in [-0.2, 0) is 0 Å². The molecular weight excluding hydrogens is 206 g/mol. The van der Waals surface area contributed by atoms with Crippen LogP contribution in [0.4, 0.5) is 0 Å². The zero-order valence-corrected chi connectivity index (χ0v) is 8.51. The summed E-state index contributed by atoms with van der Waals surface area (Å²) < 4.78 is 0. The first-order valence-corrected chi connectivity index (χ1v) is 4.83. The van der Waals surface area contributed by atoms with Gasteiger partial charge in [-0.2, -0.15) is 0 Å². The van der Waals surface area contributed by atoms with Gasteiger partial charge in [0.25, 0.3) is 5.91 Å². The number of aryl methyl sites for hydroxylation is 1. The van der Waals surface area contributed by atoms with E-state index in [0.29, 0.717) is 16.5 Å². The molecule has 1 aliphatic heterocycles. The van der Waals surface area contributed by atoms with Gasteiger partial charge < -0.3 is 15.4 Å². The highest BCUT2D eigenvalue weighted by atomic mass is 16.3. The molecule has 1 aromatic heterocycles. The van der Waals surface area contributed by atoms with Crippen LogP contribution < -0.4 is 5.32 Å². The Morgan fingerprint density at radius 1 is 1.25 bits per heavy atom. The number of fused-ring (bicyclic) bond motifs is 2. The Balaban J connectivity index is 2.45. The second kappa shape index (κ2) is 2.63. The molecule has 0 saturated heterocycles. The number of carbonyl (C=O) groups is 1. The maximum Gasteiger partial charge on any atom is 0.257 e. The van der Waals surface area contributed by atoms with Crippen molar-refractivity contribution in [2.45, 2.75) is 6.92 Å². The Morgan fingerprint density at radius 2 is 1.94 bits per heavy atom. The maximum atomic E-state index is 11.5. The number of benzene rings is 1. The Bertz CT molecular complexity index is 601. The number of hydrogen-bond donors (Lipinski definition) is 4. The second-order valence-electron chi connectivity index (χ2n) is 3.87. The predicted octanol–water partition coefficient (Wildman–Crippen LogP) is 1.25. The Hall–Kier alpha value is -2.30. The number of nitrogens with one attached hydrogen (secondary N) is 3. The topological polar surface area (TPSA) is 89.0 Å². The van der Waals surface area contributed by atoms with Gasteiger partial charge in [-0.25, -0.2) is 0 Å². The van der Waals surface area contributed by atoms with Crippen LogP contribution in [-0.4, -0.2) is 21.8 Å². The van der Waals surface area contributed by atoms with Gasteiger partial charge in [-0.1, -0.05) is 0 Å². The molecule has 0 bridgehead atoms. The lowest BCUT2D eigenvalue weighted by atomic mass is 10.0. The molecule has 0 fully saturated rings. The van der Waals surface area contributed by atoms with Gasteiger partial charge in [0.15, 0.2) is 5.88 Å². The minimum Gasteiger partial charge on any atom is -0.494 e. The average Bonchev–Trinajstić information content (AvgIpc) is 2.67. The molecule has 4 N–H and O–H groups in total. The first kappa shape index (κ1) is 8.96. The van der Waals surface area contributed by atoms with Crippen molar-refractivity contribution in [1.82, 2.24) is 10.3 Å². The highest BCUT2D eigenvalue weighted by Crippen LogP contribution is 2.31. The van der Waals surface area contributed by atoms with Crippen molar-refractivity contribution in [1.29, 1.82) is 5.41 Å². The van der Waals surface area contributed by atoms with E-state index in [0.717, 1.165) is 11.1 Å². The van der Waals surface area contributed by atoms with Crippen LogP contribution in [0.2, 0.25) is 0 Å². The van der Waals surface area contributed by atoms with Gasteiger partial charge >= 0.3 is 0 Å². The standard InChI is InChI=1S/C11H9N3O2/c1-4-5-2-8-6(9(12)14-11(8)16)3-7(5)10(15)13-4/h2-3,13,15H,1H3,(H2,12,14,16). The Kier molecular flexibility index (Phi) is 1.47. The number of H-pyrrole nitrogens is 1. The quantitative estimate of drug-likeness (QED) is 0.532. The van der Waals surface area contributed by atoms with Gasteiger partial charge in [-0.05, 0) is 19.1 Å². The Morgan fingerprint density at radius 3 is 2.69 bits per heavy atom. The molecule has 1 amide bonds. The molecule has 80 valence electrons. The molecule has 0 spiro atoms. The molecule has 5 nitrogen and oxygen atoms in total. The normalized spacial score (nSPS) is 14.3. The van der Waals surface area contributed by atoms with Crippen LogP contribution in [0.3, 0.4) is 0 Å². The Labute approximate surface area is 90.6 Å². The number of aromatic amines is 1. The maximum absolute atomic E-state index is 11.5. The minimum absolute atomic E-state index is 0.0717. The van der Waals surface area contributed by atoms with Gasteiger partial charge in [-0.15, -0.1) is 0 Å². The highest BCUT2D eigenvalue weighted by Gasteiger charge is 2.25. The van der Waals surface area contributed by atoms with Crippen LogP contribution in [0.15, 0.2) is 12.1 Å². The molecule has 5 heteroatoms. The van der Waals surface area contributed by atoms with Crippen LogP contribution in [0.25, 0.3) is 10.8 Å². The lowest BCUT2D eigenvalue weighted by Crippen LogP contribution is -2.19. The molecule has 2 aromatic rings. The number of amides is 1. The van der Waals surface area contributed by atoms with E-state index in [9.17, 15) is 9.90 Å². The van der Waals surface area contributed by atoms with Gasteiger partial charge in [0.2, 0.25) is 0 Å². The molecule has 1 aromatic carbocycles. The van der Waals surface area contributed by atoms with Crippen LogP contribution in [0.1, 0.15) is 21.6 Å². The van der Waals surface area contributed by atoms with Gasteiger partial charge in [0.05, 0.1) is 5.56 Å². The first-order chi connectivity index (χ1) is 7.58. The first-order valence-electron chi connectivity index (χ1n) is 4.83. The summed E-state index contributed by atoms with van der Waals surface area (Å²) in [5, 5.41) is 21.1. The smallest absolute Gasteiger partial charge is 0.257 e. The summed E-state index contributed by atoms with van der Waals surface area (Å²) >= 11 is 0. The minimum atomic E-state index is -0.262. The van der Waals surface area contributed by atoms with Crippen molar-refractivity contribution in [2.75, 3.05) is 0 Å². The monoisotopic (exact) mass is 215 g/mol. The van der Waals surface area contributed by atoms with Crippen molar-refractivity contribution in [3.05, 3.63) is 29.0 Å². The molecule has 3 rings (SSSR count). The van der Waals surface area contributed by atoms with E-state index in [1.807, 2.05) is 6.92 Å². The number of carbonyl (C=O) groups excluding carboxylic acids is 1. The van der Waals surface area contributed by atoms with E-state index in [2.05, 4.69) is 10.3 Å². The molecular formula is C11H9N3O2. The molecule has 0 radical (unpaired) electrons. The van der Waals surface area contributed by atoms with Crippen molar-refractivity contribution in [2.24, 2.45) is 0 Å². The lowest BCUT2D eigenvalue weighted by molar-refractivity contribution is 0.0983. The third-order valence-electron chi connectivity index (χ3n) is 2.88. The van der Waals surface area contributed by atoms with E-state index >= 15 is 0 Å². The SMILES string of the molecule is Cc1[nH]c(O)c2cc3c(cc12)C(=O)NC3=N. The summed E-state index contributed by atoms with van der Waals surface area (Å²) in [6.07, 6.45) is 0. The third-order valence-corrected chi connectivity index (χ3v) is 2.88. The molecule has 0 unspecified atom stereocenters. The summed E-state index contributed by atoms with van der Waals surface area (Å²) in [6.45, 7) is 1.83. The summed E-state index contributed by atoms with van der Waals surface area (Å²) in [5.41, 5.74) is 1.83. The van der Waals surface area contributed by atoms with E-state index in [4.69, 9.17) is 5.41 Å². The number of rotatable bonds is 0. The number of aromatic hydroxyl groups is 1. The van der Waals surface area contributed by atoms with E-state index in [1.165, 1.54) is 0 Å². The van der Waals surface area contributed by atoms with Crippen molar-refractivity contribution >= 4 is 22.5 Å². The van der Waals surface area contributed by atoms with Crippen molar-refractivity contribution in [3.8, 4) is 5.88 Å². The predicted molar refractivity (Wildman–Crippen MR) is 59.0 cm³/mol. The van der Waals surface area contributed by atoms with Crippen molar-refractivity contribution < 1.29 is 9.90 Å². The second-order valence-corrected chi connectivity index (χ2v) is 3.87. The molecule has 0 saturated carbocycles. The largest absolute Gasteiger partial charge is 0.494 e. The van der Waals surface area contributed by atoms with E-state index in [1.54, 1.807) is 12.1 Å². The van der Waals surface area contributed by atoms with Crippen LogP contribution in [0.5, 0.6) is 5.88 Å². The summed E-state index contributed by atoms with van der Waals surface area (Å²) in [4.78, 5) is 14.3. The fraction of sp³-hybridized carbons (Fsp3) is 0.0909. The highest BCUT2D eigenvalue weighted by molar-refractivity contribution is 6.24. The van der Waals surface area contributed by atoms with Gasteiger partial charge in [-0.3, -0.25) is 10.2 Å². The van der Waals surface area contributed by atoms with Crippen molar-refractivity contribution in [3.63, 3.8) is 0 Å². The summed E-state index contributed by atoms with van der Waals surface area (Å²) in [7, 11) is 0. The number of hydrogen-bond acceptors (Lipinski definition) is 3. The summed E-state index contributed by atoms with van der Waals surface area (Å²) in [5.74, 6) is -0.107. The molecule has 16 heavy (non-hydrogen) atoms. The molecule has 0 aliphatic carbocycles. The van der Waals surface area contributed by atoms with E-state index < -0.39 is 0 Å². The zero-order valence-electron chi connectivity index (χ0n) is 8.51. The van der Waals surface area contributed by atoms with E-state index in [-0.39, 0.29) is 17.6 Å². The fourth-order valence-corrected chi connectivity index (χ4v) is 2.06. The number of amidine groups is 1. The van der Waals surface area contributed by atoms with Gasteiger partial charge in [0, 0.05) is 22.0 Å². The van der Waals surface area contributed by atoms with Gasteiger partial charge in [0.1, 0.15) is 5.84 Å². The van der Waals surface area contributed by atoms with Crippen LogP contribution >= 0.6 is 0 Å². The molecule has 0 atom stereocenters. The van der Waals surface area contributed by atoms with Crippen LogP contribution in [0, 0.1) is 12.3 Å². The third kappa shape index (κ3) is 0.942. The number of aromatic nitrogens is 1. The average molecular weight is 215 g/mol. The summed E-state index contributed by atoms with van der Waals surface area (Å²) in [6, 6.07) is 3.36. The lowest BCUT2D eigenvalue weighted by Gasteiger charge is -1.97. The molecule has 1 aliphatic rings. The fourth-order valence-electron chi connectivity index (χ4n) is 2.06. The zero-order chi connectivity index (χ0) is 11.4.